The first-order valence-corrected chi connectivity index (χ1v) is 9.47. The van der Waals surface area contributed by atoms with E-state index in [0.717, 1.165) is 11.3 Å². The fraction of sp³-hybridized carbons (Fsp3) is 0.174. The number of fused-ring (bicyclic) bond motifs is 4. The van der Waals surface area contributed by atoms with E-state index in [-0.39, 0.29) is 24.8 Å². The van der Waals surface area contributed by atoms with Crippen LogP contribution >= 0.6 is 0 Å². The topological polar surface area (TPSA) is 67.2 Å². The minimum Gasteiger partial charge on any atom is -0.310 e. The number of halogens is 1. The van der Waals surface area contributed by atoms with Crippen LogP contribution in [0.3, 0.4) is 0 Å². The number of aryl methyl sites for hydroxylation is 1. The average molecular weight is 400 g/mol. The lowest BCUT2D eigenvalue weighted by molar-refractivity contribution is -0.126. The number of nitrogens with zero attached hydrogens (tertiary/aromatic N) is 3. The zero-order valence-electron chi connectivity index (χ0n) is 16.1. The Morgan fingerprint density at radius 3 is 2.77 bits per heavy atom. The number of benzene rings is 2. The van der Waals surface area contributed by atoms with Crippen molar-refractivity contribution in [3.8, 4) is 18.0 Å². The third-order valence-electron chi connectivity index (χ3n) is 5.83. The first-order chi connectivity index (χ1) is 14.5. The van der Waals surface area contributed by atoms with Crippen LogP contribution in [0.1, 0.15) is 23.1 Å². The quantitative estimate of drug-likeness (QED) is 0.673. The molecule has 3 heterocycles. The number of para-hydroxylation sites is 1. The molecule has 0 bridgehead atoms. The summed E-state index contributed by atoms with van der Waals surface area (Å²) < 4.78 is 15.9. The number of carbonyl (C=O) groups is 2. The van der Waals surface area contributed by atoms with Crippen molar-refractivity contribution in [1.82, 2.24) is 9.78 Å². The van der Waals surface area contributed by atoms with Crippen molar-refractivity contribution in [2.45, 2.75) is 18.8 Å². The molecule has 148 valence electrons. The summed E-state index contributed by atoms with van der Waals surface area (Å²) in [6, 6.07) is 11.7. The summed E-state index contributed by atoms with van der Waals surface area (Å²) in [5.41, 5.74) is 1.85. The van der Waals surface area contributed by atoms with Gasteiger partial charge in [0.1, 0.15) is 17.1 Å². The van der Waals surface area contributed by atoms with Gasteiger partial charge in [0, 0.05) is 17.7 Å². The Balaban J connectivity index is 1.79. The van der Waals surface area contributed by atoms with E-state index >= 15 is 0 Å². The fourth-order valence-electron chi connectivity index (χ4n) is 4.50. The van der Waals surface area contributed by atoms with Gasteiger partial charge in [-0.15, -0.1) is 6.42 Å². The van der Waals surface area contributed by atoms with Crippen LogP contribution in [0.5, 0.6) is 0 Å². The minimum absolute atomic E-state index is 0.0299. The van der Waals surface area contributed by atoms with E-state index in [4.69, 9.17) is 6.42 Å². The molecular weight excluding hydrogens is 383 g/mol. The van der Waals surface area contributed by atoms with Gasteiger partial charge in [-0.05, 0) is 42.3 Å². The lowest BCUT2D eigenvalue weighted by atomic mass is 9.71. The smallest absolute Gasteiger partial charge is 0.243 e. The van der Waals surface area contributed by atoms with Gasteiger partial charge in [-0.3, -0.25) is 14.5 Å². The molecule has 0 fully saturated rings. The van der Waals surface area contributed by atoms with Crippen LogP contribution in [0.25, 0.3) is 5.69 Å². The molecule has 3 aromatic rings. The number of terminal acetylenes is 1. The highest BCUT2D eigenvalue weighted by atomic mass is 19.1. The molecule has 1 atom stereocenters. The largest absolute Gasteiger partial charge is 0.310 e. The lowest BCUT2D eigenvalue weighted by Gasteiger charge is -2.32. The van der Waals surface area contributed by atoms with Crippen LogP contribution in [-0.4, -0.2) is 28.1 Å². The highest BCUT2D eigenvalue weighted by molar-refractivity contribution is 6.16. The van der Waals surface area contributed by atoms with Gasteiger partial charge >= 0.3 is 0 Å². The number of rotatable bonds is 2. The number of amides is 2. The Kier molecular flexibility index (Phi) is 3.80. The molecule has 2 aliphatic rings. The van der Waals surface area contributed by atoms with Crippen molar-refractivity contribution < 1.29 is 14.0 Å². The summed E-state index contributed by atoms with van der Waals surface area (Å²) in [7, 11) is 0. The Hall–Kier alpha value is -3.92. The van der Waals surface area contributed by atoms with Gasteiger partial charge in [0.2, 0.25) is 11.8 Å². The summed E-state index contributed by atoms with van der Waals surface area (Å²) in [6.07, 6.45) is 6.91. The first kappa shape index (κ1) is 18.1. The second-order valence-electron chi connectivity index (χ2n) is 7.49. The SMILES string of the molecule is C#CCN1C(=O)C2(CC(=O)Nc3c2cnn3-c2ccccc2C)c2cc(F)ccc21. The third kappa shape index (κ3) is 2.28. The maximum Gasteiger partial charge on any atom is 0.243 e. The van der Waals surface area contributed by atoms with Gasteiger partial charge in [0.05, 0.1) is 18.4 Å². The van der Waals surface area contributed by atoms with E-state index in [1.54, 1.807) is 10.9 Å². The third-order valence-corrected chi connectivity index (χ3v) is 5.83. The Bertz CT molecular complexity index is 1270. The molecule has 0 saturated heterocycles. The van der Waals surface area contributed by atoms with Gasteiger partial charge in [-0.1, -0.05) is 24.1 Å². The Morgan fingerprint density at radius 1 is 1.20 bits per heavy atom. The van der Waals surface area contributed by atoms with E-state index in [1.165, 1.54) is 23.1 Å². The number of nitrogens with one attached hydrogen (secondary N) is 1. The summed E-state index contributed by atoms with van der Waals surface area (Å²) in [6.45, 7) is 1.96. The molecule has 1 N–H and O–H groups in total. The minimum atomic E-state index is -1.37. The van der Waals surface area contributed by atoms with E-state index in [2.05, 4.69) is 16.3 Å². The number of hydrogen-bond donors (Lipinski definition) is 1. The molecule has 2 aliphatic heterocycles. The molecule has 1 aromatic heterocycles. The normalized spacial score (nSPS) is 19.4. The van der Waals surface area contributed by atoms with Crippen molar-refractivity contribution in [3.63, 3.8) is 0 Å². The molecule has 30 heavy (non-hydrogen) atoms. The highest BCUT2D eigenvalue weighted by Crippen LogP contribution is 2.52. The van der Waals surface area contributed by atoms with Crippen molar-refractivity contribution >= 4 is 23.3 Å². The van der Waals surface area contributed by atoms with Crippen molar-refractivity contribution in [2.75, 3.05) is 16.8 Å². The van der Waals surface area contributed by atoms with Crippen LogP contribution in [0.2, 0.25) is 0 Å². The number of hydrogen-bond acceptors (Lipinski definition) is 3. The molecule has 2 amide bonds. The predicted molar refractivity (Wildman–Crippen MR) is 110 cm³/mol. The molecule has 0 saturated carbocycles. The van der Waals surface area contributed by atoms with Crippen LogP contribution in [0.15, 0.2) is 48.7 Å². The molecule has 1 unspecified atom stereocenters. The van der Waals surface area contributed by atoms with Crippen molar-refractivity contribution in [3.05, 3.63) is 71.2 Å². The van der Waals surface area contributed by atoms with Crippen LogP contribution < -0.4 is 10.2 Å². The van der Waals surface area contributed by atoms with Gasteiger partial charge in [-0.2, -0.15) is 5.10 Å². The molecule has 0 aliphatic carbocycles. The number of aromatic nitrogens is 2. The van der Waals surface area contributed by atoms with Gasteiger partial charge in [0.15, 0.2) is 0 Å². The van der Waals surface area contributed by atoms with E-state index in [1.807, 2.05) is 31.2 Å². The van der Waals surface area contributed by atoms with Gasteiger partial charge < -0.3 is 5.32 Å². The molecule has 0 radical (unpaired) electrons. The Morgan fingerprint density at radius 2 is 2.00 bits per heavy atom. The van der Waals surface area contributed by atoms with Crippen LogP contribution in [0.4, 0.5) is 15.9 Å². The first-order valence-electron chi connectivity index (χ1n) is 9.47. The molecule has 1 spiro atoms. The summed E-state index contributed by atoms with van der Waals surface area (Å²) in [5.74, 6) is 1.72. The monoisotopic (exact) mass is 400 g/mol. The standard InChI is InChI=1S/C23H17FN4O2/c1-3-10-27-19-9-8-15(24)11-16(19)23(22(27)30)12-20(29)26-21-17(23)13-25-28(21)18-7-5-4-6-14(18)2/h1,4-9,11,13H,10,12H2,2H3,(H,26,29). The Labute approximate surface area is 172 Å². The highest BCUT2D eigenvalue weighted by Gasteiger charge is 2.57. The second kappa shape index (κ2) is 6.29. The maximum atomic E-state index is 14.2. The van der Waals surface area contributed by atoms with E-state index in [9.17, 15) is 14.0 Å². The predicted octanol–water partition coefficient (Wildman–Crippen LogP) is 2.93. The van der Waals surface area contributed by atoms with Crippen molar-refractivity contribution in [1.29, 1.82) is 0 Å². The maximum absolute atomic E-state index is 14.2. The van der Waals surface area contributed by atoms with E-state index < -0.39 is 11.2 Å². The zero-order chi connectivity index (χ0) is 21.0. The average Bonchev–Trinajstić information content (AvgIpc) is 3.23. The molecule has 2 aromatic carbocycles. The van der Waals surface area contributed by atoms with Crippen LogP contribution in [-0.2, 0) is 15.0 Å². The second-order valence-corrected chi connectivity index (χ2v) is 7.49. The number of carbonyl (C=O) groups excluding carboxylic acids is 2. The molecule has 7 heteroatoms. The fourth-order valence-corrected chi connectivity index (χ4v) is 4.50. The molecule has 5 rings (SSSR count). The zero-order valence-corrected chi connectivity index (χ0v) is 16.1. The summed E-state index contributed by atoms with van der Waals surface area (Å²) in [4.78, 5) is 27.9. The molecular formula is C23H17FN4O2. The van der Waals surface area contributed by atoms with Gasteiger partial charge in [0.25, 0.3) is 0 Å². The summed E-state index contributed by atoms with van der Waals surface area (Å²) in [5, 5.41) is 7.34. The van der Waals surface area contributed by atoms with E-state index in [0.29, 0.717) is 22.6 Å². The van der Waals surface area contributed by atoms with Gasteiger partial charge in [-0.25, -0.2) is 9.07 Å². The van der Waals surface area contributed by atoms with Crippen molar-refractivity contribution in [2.24, 2.45) is 0 Å². The molecule has 6 nitrogen and oxygen atoms in total. The van der Waals surface area contributed by atoms with Crippen LogP contribution in [0, 0.1) is 25.1 Å². The lowest BCUT2D eigenvalue weighted by Crippen LogP contribution is -2.46. The summed E-state index contributed by atoms with van der Waals surface area (Å²) >= 11 is 0. The number of anilines is 2.